The number of thiazole rings is 1. The molecule has 24 heavy (non-hydrogen) atoms. The molecule has 0 fully saturated rings. The molecule has 0 saturated heterocycles. The molecule has 1 aromatic carbocycles. The van der Waals surface area contributed by atoms with E-state index in [0.29, 0.717) is 6.42 Å². The zero-order chi connectivity index (χ0) is 16.8. The van der Waals surface area contributed by atoms with Crippen molar-refractivity contribution in [3.8, 4) is 0 Å². The molecule has 0 radical (unpaired) electrons. The van der Waals surface area contributed by atoms with E-state index in [0.717, 1.165) is 29.2 Å². The normalized spacial score (nSPS) is 10.5. The Hall–Kier alpha value is -2.53. The predicted molar refractivity (Wildman–Crippen MR) is 97.3 cm³/mol. The Labute approximate surface area is 145 Å². The van der Waals surface area contributed by atoms with Crippen LogP contribution in [0.1, 0.15) is 21.8 Å². The van der Waals surface area contributed by atoms with Crippen molar-refractivity contribution in [1.82, 2.24) is 9.97 Å². The minimum Gasteiger partial charge on any atom is -0.326 e. The number of nitrogens with one attached hydrogen (secondary N) is 1. The first-order chi connectivity index (χ1) is 11.7. The van der Waals surface area contributed by atoms with Crippen LogP contribution >= 0.6 is 11.3 Å². The predicted octanol–water partition coefficient (Wildman–Crippen LogP) is 3.81. The van der Waals surface area contributed by atoms with E-state index in [1.54, 1.807) is 23.7 Å². The van der Waals surface area contributed by atoms with Crippen molar-refractivity contribution in [3.63, 3.8) is 0 Å². The van der Waals surface area contributed by atoms with E-state index in [1.165, 1.54) is 11.1 Å². The molecular weight excluding hydrogens is 318 g/mol. The van der Waals surface area contributed by atoms with Crippen LogP contribution in [0.2, 0.25) is 0 Å². The molecule has 0 aliphatic rings. The Balaban J connectivity index is 1.51. The number of pyridine rings is 1. The highest BCUT2D eigenvalue weighted by Gasteiger charge is 2.08. The molecule has 2 aromatic heterocycles. The van der Waals surface area contributed by atoms with Crippen LogP contribution in [0.15, 0.2) is 54.2 Å². The molecular formula is C19H19N3OS. The van der Waals surface area contributed by atoms with Crippen molar-refractivity contribution < 1.29 is 4.79 Å². The summed E-state index contributed by atoms with van der Waals surface area (Å²) < 4.78 is 0. The molecule has 122 valence electrons. The van der Waals surface area contributed by atoms with Gasteiger partial charge >= 0.3 is 0 Å². The second-order valence-corrected chi connectivity index (χ2v) is 6.62. The van der Waals surface area contributed by atoms with E-state index in [9.17, 15) is 4.79 Å². The lowest BCUT2D eigenvalue weighted by atomic mass is 10.1. The number of benzene rings is 1. The van der Waals surface area contributed by atoms with Gasteiger partial charge in [-0.2, -0.15) is 0 Å². The Kier molecular flexibility index (Phi) is 5.33. The van der Waals surface area contributed by atoms with Gasteiger partial charge in [-0.05, 0) is 43.2 Å². The van der Waals surface area contributed by atoms with Crippen molar-refractivity contribution in [2.24, 2.45) is 0 Å². The van der Waals surface area contributed by atoms with Gasteiger partial charge < -0.3 is 5.32 Å². The number of hydrogen-bond donors (Lipinski definition) is 1. The van der Waals surface area contributed by atoms with Gasteiger partial charge in [0.15, 0.2) is 0 Å². The Morgan fingerprint density at radius 2 is 1.83 bits per heavy atom. The molecule has 3 rings (SSSR count). The largest absolute Gasteiger partial charge is 0.326 e. The summed E-state index contributed by atoms with van der Waals surface area (Å²) in [5.74, 6) is -0.0372. The number of carbonyl (C=O) groups excluding carboxylic acids is 1. The molecule has 0 bridgehead atoms. The van der Waals surface area contributed by atoms with Gasteiger partial charge in [0.25, 0.3) is 0 Å². The minimum absolute atomic E-state index is 0.0372. The van der Waals surface area contributed by atoms with E-state index < -0.39 is 0 Å². The lowest BCUT2D eigenvalue weighted by Gasteiger charge is -2.04. The van der Waals surface area contributed by atoms with E-state index in [2.05, 4.69) is 15.3 Å². The maximum atomic E-state index is 12.1. The second kappa shape index (κ2) is 7.84. The highest BCUT2D eigenvalue weighted by atomic mass is 32.1. The fourth-order valence-corrected chi connectivity index (χ4v) is 3.15. The highest BCUT2D eigenvalue weighted by molar-refractivity contribution is 7.09. The molecule has 4 nitrogen and oxygen atoms in total. The van der Waals surface area contributed by atoms with Crippen molar-refractivity contribution in [2.75, 3.05) is 5.32 Å². The van der Waals surface area contributed by atoms with Gasteiger partial charge in [0.2, 0.25) is 5.91 Å². The number of rotatable bonds is 6. The molecule has 2 heterocycles. The third-order valence-electron chi connectivity index (χ3n) is 3.65. The summed E-state index contributed by atoms with van der Waals surface area (Å²) >= 11 is 1.61. The second-order valence-electron chi connectivity index (χ2n) is 5.68. The first-order valence-electron chi connectivity index (χ1n) is 7.88. The van der Waals surface area contributed by atoms with Gasteiger partial charge in [0.1, 0.15) is 0 Å². The van der Waals surface area contributed by atoms with Crippen LogP contribution in [0.5, 0.6) is 0 Å². The van der Waals surface area contributed by atoms with Gasteiger partial charge in [0.05, 0.1) is 17.1 Å². The Morgan fingerprint density at radius 1 is 1.08 bits per heavy atom. The molecule has 3 aromatic rings. The fourth-order valence-electron chi connectivity index (χ4n) is 2.35. The molecule has 5 heteroatoms. The maximum absolute atomic E-state index is 12.1. The standard InChI is InChI=1S/C19H19N3OS/c1-14-2-5-16(6-3-14)21-18(23)12-17-13-24-19(22-17)7-4-15-8-10-20-11-9-15/h2-3,5-6,8-11,13H,4,7,12H2,1H3,(H,21,23). The van der Waals surface area contributed by atoms with E-state index in [1.807, 2.05) is 48.7 Å². The summed E-state index contributed by atoms with van der Waals surface area (Å²) in [7, 11) is 0. The third kappa shape index (κ3) is 4.73. The lowest BCUT2D eigenvalue weighted by Crippen LogP contribution is -2.14. The van der Waals surface area contributed by atoms with Gasteiger partial charge in [-0.1, -0.05) is 17.7 Å². The van der Waals surface area contributed by atoms with Crippen molar-refractivity contribution in [1.29, 1.82) is 0 Å². The van der Waals surface area contributed by atoms with Gasteiger partial charge in [-0.25, -0.2) is 4.98 Å². The van der Waals surface area contributed by atoms with Crippen LogP contribution in [0, 0.1) is 6.92 Å². The molecule has 1 amide bonds. The Morgan fingerprint density at radius 3 is 2.58 bits per heavy atom. The molecule has 0 aliphatic heterocycles. The molecule has 0 spiro atoms. The number of aryl methyl sites for hydroxylation is 3. The quantitative estimate of drug-likeness (QED) is 0.744. The van der Waals surface area contributed by atoms with Crippen LogP contribution in [-0.4, -0.2) is 15.9 Å². The SMILES string of the molecule is Cc1ccc(NC(=O)Cc2csc(CCc3ccncc3)n2)cc1. The van der Waals surface area contributed by atoms with Gasteiger partial charge in [-0.15, -0.1) is 11.3 Å². The molecule has 0 unspecified atom stereocenters. The molecule has 1 N–H and O–H groups in total. The van der Waals surface area contributed by atoms with Crippen LogP contribution in [0.25, 0.3) is 0 Å². The lowest BCUT2D eigenvalue weighted by molar-refractivity contribution is -0.115. The van der Waals surface area contributed by atoms with Gasteiger partial charge in [-0.3, -0.25) is 9.78 Å². The smallest absolute Gasteiger partial charge is 0.230 e. The number of amides is 1. The fraction of sp³-hybridized carbons (Fsp3) is 0.211. The van der Waals surface area contributed by atoms with E-state index in [4.69, 9.17) is 0 Å². The van der Waals surface area contributed by atoms with E-state index in [-0.39, 0.29) is 5.91 Å². The average molecular weight is 337 g/mol. The van der Waals surface area contributed by atoms with Crippen molar-refractivity contribution in [2.45, 2.75) is 26.2 Å². The highest BCUT2D eigenvalue weighted by Crippen LogP contribution is 2.14. The monoisotopic (exact) mass is 337 g/mol. The summed E-state index contributed by atoms with van der Waals surface area (Å²) in [6.07, 6.45) is 5.73. The molecule has 0 saturated carbocycles. The maximum Gasteiger partial charge on any atom is 0.230 e. The molecule has 0 aliphatic carbocycles. The summed E-state index contributed by atoms with van der Waals surface area (Å²) in [5.41, 5.74) is 4.07. The van der Waals surface area contributed by atoms with Crippen molar-refractivity contribution >= 4 is 22.9 Å². The van der Waals surface area contributed by atoms with Gasteiger partial charge in [0, 0.05) is 29.9 Å². The summed E-state index contributed by atoms with van der Waals surface area (Å²) in [6, 6.07) is 11.8. The summed E-state index contributed by atoms with van der Waals surface area (Å²) in [6.45, 7) is 2.02. The number of carbonyl (C=O) groups is 1. The zero-order valence-electron chi connectivity index (χ0n) is 13.5. The van der Waals surface area contributed by atoms with E-state index >= 15 is 0 Å². The van der Waals surface area contributed by atoms with Crippen molar-refractivity contribution in [3.05, 3.63) is 76.0 Å². The first-order valence-corrected chi connectivity index (χ1v) is 8.76. The van der Waals surface area contributed by atoms with Crippen LogP contribution in [0.4, 0.5) is 5.69 Å². The van der Waals surface area contributed by atoms with Crippen LogP contribution in [-0.2, 0) is 24.1 Å². The number of aromatic nitrogens is 2. The number of hydrogen-bond acceptors (Lipinski definition) is 4. The minimum atomic E-state index is -0.0372. The first kappa shape index (κ1) is 16.3. The average Bonchev–Trinajstić information content (AvgIpc) is 3.03. The van der Waals surface area contributed by atoms with Crippen LogP contribution in [0.3, 0.4) is 0 Å². The zero-order valence-corrected chi connectivity index (χ0v) is 14.3. The number of nitrogens with zero attached hydrogens (tertiary/aromatic N) is 2. The number of anilines is 1. The summed E-state index contributed by atoms with van der Waals surface area (Å²) in [5, 5.41) is 5.93. The third-order valence-corrected chi connectivity index (χ3v) is 4.61. The van der Waals surface area contributed by atoms with Crippen LogP contribution < -0.4 is 5.32 Å². The topological polar surface area (TPSA) is 54.9 Å². The Bertz CT molecular complexity index is 797. The summed E-state index contributed by atoms with van der Waals surface area (Å²) in [4.78, 5) is 20.7. The molecule has 0 atom stereocenters.